The van der Waals surface area contributed by atoms with E-state index in [9.17, 15) is 13.2 Å². The molecule has 138 valence electrons. The first-order valence-electron chi connectivity index (χ1n) is 7.89. The van der Waals surface area contributed by atoms with Gasteiger partial charge in [0.15, 0.2) is 11.3 Å². The molecule has 4 aromatic rings. The lowest BCUT2D eigenvalue weighted by molar-refractivity contribution is -0.141. The molecular weight excluding hydrogens is 381 g/mol. The molecule has 1 aromatic carbocycles. The first-order chi connectivity index (χ1) is 12.8. The number of rotatable bonds is 3. The van der Waals surface area contributed by atoms with Crippen molar-refractivity contribution in [2.75, 3.05) is 0 Å². The van der Waals surface area contributed by atoms with Crippen LogP contribution in [0.2, 0.25) is 5.15 Å². The Balaban J connectivity index is 1.61. The van der Waals surface area contributed by atoms with Crippen molar-refractivity contribution in [3.8, 4) is 5.69 Å². The predicted molar refractivity (Wildman–Crippen MR) is 91.9 cm³/mol. The summed E-state index contributed by atoms with van der Waals surface area (Å²) in [5.74, 6) is 0.677. The average molecular weight is 393 g/mol. The highest BCUT2D eigenvalue weighted by Gasteiger charge is 2.34. The minimum atomic E-state index is -4.47. The van der Waals surface area contributed by atoms with Gasteiger partial charge in [-0.25, -0.2) is 9.67 Å². The van der Waals surface area contributed by atoms with E-state index >= 15 is 0 Å². The third-order valence-electron chi connectivity index (χ3n) is 4.05. The van der Waals surface area contributed by atoms with E-state index in [0.717, 1.165) is 11.6 Å². The molecule has 0 atom stereocenters. The van der Waals surface area contributed by atoms with Crippen molar-refractivity contribution >= 4 is 17.2 Å². The van der Waals surface area contributed by atoms with Gasteiger partial charge < -0.3 is 0 Å². The normalized spacial score (nSPS) is 12.0. The van der Waals surface area contributed by atoms with Crippen LogP contribution in [0.4, 0.5) is 13.2 Å². The molecule has 0 amide bonds. The van der Waals surface area contributed by atoms with E-state index in [-0.39, 0.29) is 0 Å². The Labute approximate surface area is 156 Å². The van der Waals surface area contributed by atoms with Crippen LogP contribution in [0.25, 0.3) is 11.3 Å². The Morgan fingerprint density at radius 1 is 1.11 bits per heavy atom. The fraction of sp³-hybridized carbons (Fsp3) is 0.176. The molecule has 0 spiro atoms. The number of aryl methyl sites for hydroxylation is 1. The van der Waals surface area contributed by atoms with Crippen LogP contribution in [-0.4, -0.2) is 29.4 Å². The second-order valence-corrected chi connectivity index (χ2v) is 6.37. The minimum Gasteiger partial charge on any atom is -0.282 e. The number of hydrogen-bond donors (Lipinski definition) is 0. The quantitative estimate of drug-likeness (QED) is 0.531. The van der Waals surface area contributed by atoms with Crippen LogP contribution in [0.3, 0.4) is 0 Å². The summed E-state index contributed by atoms with van der Waals surface area (Å²) in [5, 5.41) is 12.1. The van der Waals surface area contributed by atoms with E-state index in [0.29, 0.717) is 34.4 Å². The van der Waals surface area contributed by atoms with Gasteiger partial charge in [0.1, 0.15) is 11.0 Å². The molecule has 0 fully saturated rings. The molecule has 0 unspecified atom stereocenters. The molecule has 27 heavy (non-hydrogen) atoms. The summed E-state index contributed by atoms with van der Waals surface area (Å²) in [6.45, 7) is 1.58. The molecule has 3 aromatic heterocycles. The molecule has 0 aliphatic heterocycles. The zero-order chi connectivity index (χ0) is 19.2. The Morgan fingerprint density at radius 3 is 2.52 bits per heavy atom. The minimum absolute atomic E-state index is 0.327. The number of benzene rings is 1. The zero-order valence-electron chi connectivity index (χ0n) is 13.9. The molecule has 4 rings (SSSR count). The van der Waals surface area contributed by atoms with Crippen molar-refractivity contribution in [1.29, 1.82) is 0 Å². The van der Waals surface area contributed by atoms with Gasteiger partial charge in [0.2, 0.25) is 0 Å². The molecule has 0 saturated heterocycles. The smallest absolute Gasteiger partial charge is 0.282 e. The van der Waals surface area contributed by atoms with Crippen molar-refractivity contribution in [2.45, 2.75) is 19.5 Å². The predicted octanol–water partition coefficient (Wildman–Crippen LogP) is 3.88. The molecule has 0 aliphatic rings. The van der Waals surface area contributed by atoms with Gasteiger partial charge >= 0.3 is 6.18 Å². The maximum absolute atomic E-state index is 12.8. The second kappa shape index (κ2) is 6.34. The number of halogens is 4. The third kappa shape index (κ3) is 3.37. The summed E-state index contributed by atoms with van der Waals surface area (Å²) in [4.78, 5) is 3.95. The van der Waals surface area contributed by atoms with Crippen LogP contribution in [0.15, 0.2) is 42.7 Å². The fourth-order valence-corrected chi connectivity index (χ4v) is 2.90. The first-order valence-corrected chi connectivity index (χ1v) is 8.27. The van der Waals surface area contributed by atoms with Gasteiger partial charge in [-0.3, -0.25) is 4.40 Å². The van der Waals surface area contributed by atoms with Gasteiger partial charge in [0, 0.05) is 18.3 Å². The largest absolute Gasteiger partial charge is 0.435 e. The van der Waals surface area contributed by atoms with Gasteiger partial charge in [-0.15, -0.1) is 10.2 Å². The second-order valence-electron chi connectivity index (χ2n) is 5.98. The number of alkyl halides is 3. The molecule has 0 radical (unpaired) electrons. The number of aromatic nitrogens is 6. The molecule has 0 N–H and O–H groups in total. The summed E-state index contributed by atoms with van der Waals surface area (Å²) in [6.07, 6.45) is -0.832. The standard InChI is InChI=1S/C17H12ClF3N6/c1-10-6-13(17(19,20)21)25-27(10)12-4-2-11(3-5-12)7-15-23-24-16-8-22-14(18)9-26(15)16/h2-6,8-9H,7H2,1H3. The number of fused-ring (bicyclic) bond motifs is 1. The SMILES string of the molecule is Cc1cc(C(F)(F)F)nn1-c1ccc(Cc2nnc3cnc(Cl)cn23)cc1. The maximum Gasteiger partial charge on any atom is 0.435 e. The van der Waals surface area contributed by atoms with Crippen LogP contribution in [0, 0.1) is 6.92 Å². The monoisotopic (exact) mass is 392 g/mol. The number of hydrogen-bond acceptors (Lipinski definition) is 4. The molecule has 10 heteroatoms. The Kier molecular flexibility index (Phi) is 4.11. The summed E-state index contributed by atoms with van der Waals surface area (Å²) in [5.41, 5.74) is 1.54. The van der Waals surface area contributed by atoms with E-state index in [1.807, 2.05) is 12.1 Å². The fourth-order valence-electron chi connectivity index (χ4n) is 2.76. The molecule has 0 aliphatic carbocycles. The van der Waals surface area contributed by atoms with E-state index < -0.39 is 11.9 Å². The van der Waals surface area contributed by atoms with Crippen molar-refractivity contribution in [3.63, 3.8) is 0 Å². The van der Waals surface area contributed by atoms with E-state index in [1.165, 1.54) is 10.9 Å². The average Bonchev–Trinajstić information content (AvgIpc) is 3.19. The molecular formula is C17H12ClF3N6. The Morgan fingerprint density at radius 2 is 1.85 bits per heavy atom. The van der Waals surface area contributed by atoms with E-state index in [2.05, 4.69) is 20.3 Å². The van der Waals surface area contributed by atoms with Crippen LogP contribution in [0.5, 0.6) is 0 Å². The van der Waals surface area contributed by atoms with E-state index in [4.69, 9.17) is 11.6 Å². The summed E-state index contributed by atoms with van der Waals surface area (Å²) >= 11 is 5.91. The van der Waals surface area contributed by atoms with Crippen molar-refractivity contribution in [3.05, 3.63) is 70.7 Å². The van der Waals surface area contributed by atoms with Gasteiger partial charge in [-0.2, -0.15) is 18.3 Å². The van der Waals surface area contributed by atoms with Crippen molar-refractivity contribution < 1.29 is 13.2 Å². The third-order valence-corrected chi connectivity index (χ3v) is 4.25. The topological polar surface area (TPSA) is 60.9 Å². The highest BCUT2D eigenvalue weighted by Crippen LogP contribution is 2.29. The highest BCUT2D eigenvalue weighted by molar-refractivity contribution is 6.29. The maximum atomic E-state index is 12.8. The van der Waals surface area contributed by atoms with Crippen LogP contribution in [-0.2, 0) is 12.6 Å². The Hall–Kier alpha value is -2.94. The molecule has 3 heterocycles. The lowest BCUT2D eigenvalue weighted by atomic mass is 10.1. The highest BCUT2D eigenvalue weighted by atomic mass is 35.5. The zero-order valence-corrected chi connectivity index (χ0v) is 14.7. The molecule has 6 nitrogen and oxygen atoms in total. The van der Waals surface area contributed by atoms with Crippen molar-refractivity contribution in [1.82, 2.24) is 29.4 Å². The van der Waals surface area contributed by atoms with Crippen LogP contribution >= 0.6 is 11.6 Å². The summed E-state index contributed by atoms with van der Waals surface area (Å²) < 4.78 is 41.5. The van der Waals surface area contributed by atoms with Crippen molar-refractivity contribution in [2.24, 2.45) is 0 Å². The van der Waals surface area contributed by atoms with Gasteiger partial charge in [0.05, 0.1) is 11.9 Å². The molecule has 0 saturated carbocycles. The summed E-state index contributed by atoms with van der Waals surface area (Å²) in [6, 6.07) is 8.08. The van der Waals surface area contributed by atoms with Gasteiger partial charge in [-0.1, -0.05) is 23.7 Å². The lowest BCUT2D eigenvalue weighted by Gasteiger charge is -2.06. The lowest BCUT2D eigenvalue weighted by Crippen LogP contribution is -2.07. The molecule has 0 bridgehead atoms. The Bertz CT molecular complexity index is 1110. The van der Waals surface area contributed by atoms with Gasteiger partial charge in [-0.05, 0) is 30.7 Å². The van der Waals surface area contributed by atoms with Crippen LogP contribution < -0.4 is 0 Å². The number of nitrogens with zero attached hydrogens (tertiary/aromatic N) is 6. The first kappa shape index (κ1) is 17.5. The summed E-state index contributed by atoms with van der Waals surface area (Å²) in [7, 11) is 0. The van der Waals surface area contributed by atoms with E-state index in [1.54, 1.807) is 29.7 Å². The van der Waals surface area contributed by atoms with Crippen LogP contribution in [0.1, 0.15) is 22.8 Å². The van der Waals surface area contributed by atoms with Gasteiger partial charge in [0.25, 0.3) is 0 Å².